The second kappa shape index (κ2) is 7.11. The highest BCUT2D eigenvalue weighted by Crippen LogP contribution is 1.97. The lowest BCUT2D eigenvalue weighted by Crippen LogP contribution is -2.45. The Kier molecular flexibility index (Phi) is 6.57. The number of carbonyl (C=O) groups is 1. The first-order valence-electron chi connectivity index (χ1n) is 5.80. The van der Waals surface area contributed by atoms with Crippen molar-refractivity contribution in [1.82, 2.24) is 16.1 Å². The number of aliphatic imine (C=N–C) groups is 1. The summed E-state index contributed by atoms with van der Waals surface area (Å²) < 4.78 is 0. The lowest BCUT2D eigenvalue weighted by Gasteiger charge is -2.19. The minimum Gasteiger partial charge on any atom is -0.355 e. The van der Waals surface area contributed by atoms with E-state index < -0.39 is 0 Å². The Balaban J connectivity index is 4.13. The molecule has 0 spiro atoms. The van der Waals surface area contributed by atoms with Crippen molar-refractivity contribution in [3.63, 3.8) is 0 Å². The van der Waals surface area contributed by atoms with Gasteiger partial charge >= 0.3 is 0 Å². The van der Waals surface area contributed by atoms with Gasteiger partial charge in [-0.15, -0.1) is 0 Å². The van der Waals surface area contributed by atoms with E-state index in [1.807, 2.05) is 20.8 Å². The lowest BCUT2D eigenvalue weighted by molar-refractivity contribution is -0.121. The molecule has 0 heterocycles. The highest BCUT2D eigenvalue weighted by atomic mass is 16.2. The van der Waals surface area contributed by atoms with E-state index in [1.165, 1.54) is 0 Å². The summed E-state index contributed by atoms with van der Waals surface area (Å²) in [5, 5.41) is 5.84. The van der Waals surface area contributed by atoms with Crippen LogP contribution in [0.25, 0.3) is 0 Å². The smallest absolute Gasteiger partial charge is 0.242 e. The van der Waals surface area contributed by atoms with Crippen molar-refractivity contribution in [2.45, 2.75) is 40.2 Å². The van der Waals surface area contributed by atoms with Crippen LogP contribution in [0.15, 0.2) is 4.99 Å². The topological polar surface area (TPSA) is 91.5 Å². The third-order valence-electron chi connectivity index (χ3n) is 1.71. The second-order valence-electron chi connectivity index (χ2n) is 5.38. The summed E-state index contributed by atoms with van der Waals surface area (Å²) in [5.41, 5.74) is 2.19. The van der Waals surface area contributed by atoms with Gasteiger partial charge in [-0.25, -0.2) is 10.8 Å². The number of amides is 1. The van der Waals surface area contributed by atoms with Gasteiger partial charge in [0.15, 0.2) is 0 Å². The quantitative estimate of drug-likeness (QED) is 0.241. The van der Waals surface area contributed by atoms with E-state index in [1.54, 1.807) is 0 Å². The average molecular weight is 243 g/mol. The molecule has 0 bridgehead atoms. The normalized spacial score (nSPS) is 12.5. The van der Waals surface area contributed by atoms with Crippen LogP contribution in [-0.2, 0) is 4.79 Å². The van der Waals surface area contributed by atoms with Crippen molar-refractivity contribution in [3.05, 3.63) is 0 Å². The molecule has 0 saturated heterocycles. The van der Waals surface area contributed by atoms with Gasteiger partial charge in [-0.1, -0.05) is 13.8 Å². The largest absolute Gasteiger partial charge is 0.355 e. The zero-order valence-electron chi connectivity index (χ0n) is 11.4. The fourth-order valence-electron chi connectivity index (χ4n) is 1.06. The predicted molar refractivity (Wildman–Crippen MR) is 70.4 cm³/mol. The molecule has 0 saturated carbocycles. The van der Waals surface area contributed by atoms with Crippen molar-refractivity contribution in [2.75, 3.05) is 13.1 Å². The molecule has 0 unspecified atom stereocenters. The second-order valence-corrected chi connectivity index (χ2v) is 5.38. The Labute approximate surface area is 103 Å². The molecular weight excluding hydrogens is 218 g/mol. The van der Waals surface area contributed by atoms with Crippen LogP contribution in [0.1, 0.15) is 34.6 Å². The molecule has 6 heteroatoms. The van der Waals surface area contributed by atoms with Crippen LogP contribution >= 0.6 is 0 Å². The maximum atomic E-state index is 11.5. The number of rotatable bonds is 4. The summed E-state index contributed by atoms with van der Waals surface area (Å²) in [7, 11) is 0. The Morgan fingerprint density at radius 3 is 2.35 bits per heavy atom. The molecule has 0 aromatic rings. The minimum atomic E-state index is -0.242. The minimum absolute atomic E-state index is 0.0574. The van der Waals surface area contributed by atoms with Gasteiger partial charge in [0.05, 0.1) is 0 Å². The fraction of sp³-hybridized carbons (Fsp3) is 0.818. The van der Waals surface area contributed by atoms with Gasteiger partial charge in [-0.2, -0.15) is 0 Å². The first kappa shape index (κ1) is 15.7. The van der Waals surface area contributed by atoms with Crippen molar-refractivity contribution >= 4 is 11.9 Å². The van der Waals surface area contributed by atoms with E-state index in [-0.39, 0.29) is 18.0 Å². The Hall–Kier alpha value is -1.30. The molecule has 17 heavy (non-hydrogen) atoms. The molecule has 0 aliphatic rings. The standard InChI is InChI=1S/C11H25N5O/c1-8(2)6-13-10(16-12)14-7-9(17)15-11(3,4)5/h8H,6-7,12H2,1-5H3,(H,15,17)(H2,13,14,16). The molecular formula is C11H25N5O. The van der Waals surface area contributed by atoms with E-state index in [2.05, 4.69) is 34.9 Å². The molecule has 0 aromatic carbocycles. The Morgan fingerprint density at radius 2 is 1.94 bits per heavy atom. The van der Waals surface area contributed by atoms with Crippen LogP contribution in [0.4, 0.5) is 0 Å². The number of hydrogen-bond donors (Lipinski definition) is 4. The Morgan fingerprint density at radius 1 is 1.35 bits per heavy atom. The molecule has 0 aliphatic heterocycles. The van der Waals surface area contributed by atoms with Crippen LogP contribution in [0, 0.1) is 5.92 Å². The van der Waals surface area contributed by atoms with Gasteiger partial charge in [0, 0.05) is 12.1 Å². The molecule has 0 fully saturated rings. The molecule has 5 N–H and O–H groups in total. The molecule has 0 rings (SSSR count). The summed E-state index contributed by atoms with van der Waals surface area (Å²) in [6, 6.07) is 0. The first-order valence-corrected chi connectivity index (χ1v) is 5.80. The number of nitrogens with one attached hydrogen (secondary N) is 3. The summed E-state index contributed by atoms with van der Waals surface area (Å²) in [4.78, 5) is 15.6. The van der Waals surface area contributed by atoms with Gasteiger partial charge in [-0.3, -0.25) is 10.2 Å². The lowest BCUT2D eigenvalue weighted by atomic mass is 10.1. The molecule has 6 nitrogen and oxygen atoms in total. The Bertz CT molecular complexity index is 268. The van der Waals surface area contributed by atoms with Crippen molar-refractivity contribution in [2.24, 2.45) is 16.8 Å². The number of nitrogens with zero attached hydrogens (tertiary/aromatic N) is 1. The number of hydrazine groups is 1. The molecule has 0 atom stereocenters. The zero-order valence-corrected chi connectivity index (χ0v) is 11.4. The van der Waals surface area contributed by atoms with E-state index in [0.717, 1.165) is 6.54 Å². The van der Waals surface area contributed by atoms with Gasteiger partial charge in [0.1, 0.15) is 6.54 Å². The van der Waals surface area contributed by atoms with Crippen LogP contribution in [0.5, 0.6) is 0 Å². The maximum Gasteiger partial charge on any atom is 0.242 e. The van der Waals surface area contributed by atoms with Crippen LogP contribution in [0.2, 0.25) is 0 Å². The van der Waals surface area contributed by atoms with Crippen LogP contribution < -0.4 is 21.9 Å². The number of guanidine groups is 1. The fourth-order valence-corrected chi connectivity index (χ4v) is 1.06. The van der Waals surface area contributed by atoms with Gasteiger partial charge in [-0.05, 0) is 26.7 Å². The third-order valence-corrected chi connectivity index (χ3v) is 1.71. The summed E-state index contributed by atoms with van der Waals surface area (Å²) >= 11 is 0. The summed E-state index contributed by atoms with van der Waals surface area (Å²) in [6.45, 7) is 10.7. The van der Waals surface area contributed by atoms with Gasteiger partial charge in [0.25, 0.3) is 0 Å². The van der Waals surface area contributed by atoms with Crippen LogP contribution in [-0.4, -0.2) is 30.5 Å². The first-order chi connectivity index (χ1) is 7.74. The van der Waals surface area contributed by atoms with Gasteiger partial charge in [0.2, 0.25) is 11.9 Å². The van der Waals surface area contributed by atoms with Crippen molar-refractivity contribution in [1.29, 1.82) is 0 Å². The average Bonchev–Trinajstić information content (AvgIpc) is 2.14. The van der Waals surface area contributed by atoms with E-state index in [4.69, 9.17) is 5.84 Å². The zero-order chi connectivity index (χ0) is 13.5. The summed E-state index contributed by atoms with van der Waals surface area (Å²) in [6.07, 6.45) is 0. The van der Waals surface area contributed by atoms with E-state index in [0.29, 0.717) is 11.9 Å². The predicted octanol–water partition coefficient (Wildman–Crippen LogP) is -0.0340. The SMILES string of the molecule is CC(C)CNC(=NCC(=O)NC(C)(C)C)NN. The van der Waals surface area contributed by atoms with Crippen LogP contribution in [0.3, 0.4) is 0 Å². The monoisotopic (exact) mass is 243 g/mol. The molecule has 1 amide bonds. The van der Waals surface area contributed by atoms with E-state index in [9.17, 15) is 4.79 Å². The molecule has 100 valence electrons. The van der Waals surface area contributed by atoms with Crippen molar-refractivity contribution in [3.8, 4) is 0 Å². The van der Waals surface area contributed by atoms with Crippen molar-refractivity contribution < 1.29 is 4.79 Å². The molecule has 0 radical (unpaired) electrons. The highest BCUT2D eigenvalue weighted by Gasteiger charge is 2.13. The van der Waals surface area contributed by atoms with Gasteiger partial charge < -0.3 is 10.6 Å². The highest BCUT2D eigenvalue weighted by molar-refractivity contribution is 5.84. The number of hydrogen-bond acceptors (Lipinski definition) is 3. The van der Waals surface area contributed by atoms with E-state index >= 15 is 0 Å². The summed E-state index contributed by atoms with van der Waals surface area (Å²) in [5.74, 6) is 6.09. The molecule has 0 aromatic heterocycles. The molecule has 0 aliphatic carbocycles. The number of carbonyl (C=O) groups excluding carboxylic acids is 1. The maximum absolute atomic E-state index is 11.5. The third kappa shape index (κ3) is 9.62. The number of nitrogens with two attached hydrogens (primary N) is 1.